The van der Waals surface area contributed by atoms with E-state index < -0.39 is 0 Å². The number of terminal acetylenes is 1. The Morgan fingerprint density at radius 1 is 1.26 bits per heavy atom. The molecule has 0 bridgehead atoms. The summed E-state index contributed by atoms with van der Waals surface area (Å²) in [5.74, 6) is 4.82. The molecular weight excluding hydrogens is 420 g/mol. The summed E-state index contributed by atoms with van der Waals surface area (Å²) in [7, 11) is 0. The molecule has 3 heteroatoms. The predicted octanol–water partition coefficient (Wildman–Crippen LogP) is 6.46. The van der Waals surface area contributed by atoms with Gasteiger partial charge in [0, 0.05) is 12.3 Å². The van der Waals surface area contributed by atoms with E-state index in [1.807, 2.05) is 6.08 Å². The third-order valence-corrected chi connectivity index (χ3v) is 8.64. The summed E-state index contributed by atoms with van der Waals surface area (Å²) < 4.78 is 5.82. The van der Waals surface area contributed by atoms with Crippen LogP contribution in [0.3, 0.4) is 0 Å². The Labute approximate surface area is 205 Å². The molecule has 0 aromatic heterocycles. The molecule has 0 spiro atoms. The fourth-order valence-electron chi connectivity index (χ4n) is 7.13. The van der Waals surface area contributed by atoms with Gasteiger partial charge in [-0.1, -0.05) is 37.3 Å². The van der Waals surface area contributed by atoms with Gasteiger partial charge in [-0.3, -0.25) is 4.79 Å². The maximum absolute atomic E-state index is 12.1. The highest BCUT2D eigenvalue weighted by atomic mass is 16.5. The SMILES string of the molecule is C#CC.C=CCOc1ccc(C2CC3(C)C(O)CCC3C3CCC4=CC(=O)CCC4=C23)cc1C. The maximum atomic E-state index is 12.1. The Bertz CT molecular complexity index is 1070. The molecule has 180 valence electrons. The molecule has 0 heterocycles. The van der Waals surface area contributed by atoms with Crippen molar-refractivity contribution in [1.82, 2.24) is 0 Å². The monoisotopic (exact) mass is 458 g/mol. The fourth-order valence-corrected chi connectivity index (χ4v) is 7.13. The Morgan fingerprint density at radius 3 is 2.74 bits per heavy atom. The van der Waals surface area contributed by atoms with E-state index in [0.29, 0.717) is 30.8 Å². The molecule has 0 saturated heterocycles. The molecule has 2 fully saturated rings. The van der Waals surface area contributed by atoms with Crippen molar-refractivity contribution in [2.45, 2.75) is 77.7 Å². The third kappa shape index (κ3) is 4.29. The lowest BCUT2D eigenvalue weighted by molar-refractivity contribution is -0.114. The molecular formula is C31H38O3. The van der Waals surface area contributed by atoms with Gasteiger partial charge < -0.3 is 9.84 Å². The van der Waals surface area contributed by atoms with Crippen molar-refractivity contribution in [2.75, 3.05) is 6.61 Å². The van der Waals surface area contributed by atoms with Gasteiger partial charge in [-0.05, 0) is 104 Å². The molecule has 0 aliphatic heterocycles. The quantitative estimate of drug-likeness (QED) is 0.416. The van der Waals surface area contributed by atoms with E-state index in [1.54, 1.807) is 18.6 Å². The summed E-state index contributed by atoms with van der Waals surface area (Å²) in [4.78, 5) is 12.1. The molecule has 5 atom stereocenters. The molecule has 4 aliphatic rings. The number of aliphatic hydroxyl groups excluding tert-OH is 1. The largest absolute Gasteiger partial charge is 0.489 e. The summed E-state index contributed by atoms with van der Waals surface area (Å²) in [6.45, 7) is 10.3. The number of ketones is 1. The lowest BCUT2D eigenvalue weighted by atomic mass is 9.53. The topological polar surface area (TPSA) is 46.5 Å². The van der Waals surface area contributed by atoms with Gasteiger partial charge in [-0.2, -0.15) is 0 Å². The second kappa shape index (κ2) is 9.96. The van der Waals surface area contributed by atoms with Gasteiger partial charge in [0.15, 0.2) is 5.78 Å². The van der Waals surface area contributed by atoms with Crippen LogP contribution >= 0.6 is 0 Å². The molecule has 5 unspecified atom stereocenters. The number of hydrogen-bond acceptors (Lipinski definition) is 3. The molecule has 1 aromatic carbocycles. The highest BCUT2D eigenvalue weighted by Crippen LogP contribution is 2.63. The van der Waals surface area contributed by atoms with E-state index >= 15 is 0 Å². The van der Waals surface area contributed by atoms with Crippen LogP contribution in [0, 0.1) is 36.5 Å². The highest BCUT2D eigenvalue weighted by molar-refractivity contribution is 5.93. The van der Waals surface area contributed by atoms with Crippen molar-refractivity contribution in [3.8, 4) is 18.1 Å². The lowest BCUT2D eigenvalue weighted by Crippen LogP contribution is -2.45. The summed E-state index contributed by atoms with van der Waals surface area (Å²) >= 11 is 0. The minimum Gasteiger partial charge on any atom is -0.489 e. The zero-order valence-corrected chi connectivity index (χ0v) is 20.9. The maximum Gasteiger partial charge on any atom is 0.156 e. The van der Waals surface area contributed by atoms with Crippen LogP contribution in [0.2, 0.25) is 0 Å². The second-order valence-corrected chi connectivity index (χ2v) is 10.6. The molecule has 34 heavy (non-hydrogen) atoms. The van der Waals surface area contributed by atoms with E-state index in [4.69, 9.17) is 4.74 Å². The molecule has 4 aliphatic carbocycles. The van der Waals surface area contributed by atoms with Gasteiger partial charge in [0.1, 0.15) is 12.4 Å². The first-order chi connectivity index (χ1) is 16.3. The average molecular weight is 459 g/mol. The second-order valence-electron chi connectivity index (χ2n) is 10.6. The smallest absolute Gasteiger partial charge is 0.156 e. The number of aryl methyl sites for hydroxylation is 1. The summed E-state index contributed by atoms with van der Waals surface area (Å²) in [5.41, 5.74) is 6.78. The fraction of sp³-hybridized carbons (Fsp3) is 0.516. The Morgan fingerprint density at radius 2 is 2.03 bits per heavy atom. The van der Waals surface area contributed by atoms with Crippen LogP contribution in [0.5, 0.6) is 5.75 Å². The van der Waals surface area contributed by atoms with Crippen molar-refractivity contribution in [3.63, 3.8) is 0 Å². The van der Waals surface area contributed by atoms with E-state index in [-0.39, 0.29) is 17.3 Å². The Kier molecular flexibility index (Phi) is 7.20. The van der Waals surface area contributed by atoms with Crippen molar-refractivity contribution in [2.24, 2.45) is 17.3 Å². The van der Waals surface area contributed by atoms with Gasteiger partial charge in [0.2, 0.25) is 0 Å². The molecule has 1 N–H and O–H groups in total. The molecule has 5 rings (SSSR count). The number of benzene rings is 1. The summed E-state index contributed by atoms with van der Waals surface area (Å²) in [6, 6.07) is 6.60. The minimum absolute atomic E-state index is 0.0307. The van der Waals surface area contributed by atoms with Gasteiger partial charge >= 0.3 is 0 Å². The van der Waals surface area contributed by atoms with Crippen molar-refractivity contribution in [3.05, 3.63) is 64.8 Å². The van der Waals surface area contributed by atoms with Gasteiger partial charge in [-0.15, -0.1) is 12.3 Å². The Hall–Kier alpha value is -2.57. The van der Waals surface area contributed by atoms with E-state index in [9.17, 15) is 9.90 Å². The summed E-state index contributed by atoms with van der Waals surface area (Å²) in [6.07, 6.45) is 14.8. The molecule has 1 aromatic rings. The minimum atomic E-state index is -0.215. The first-order valence-electron chi connectivity index (χ1n) is 12.7. The first-order valence-corrected chi connectivity index (χ1v) is 12.7. The number of aliphatic hydroxyl groups is 1. The third-order valence-electron chi connectivity index (χ3n) is 8.64. The van der Waals surface area contributed by atoms with Gasteiger partial charge in [-0.25, -0.2) is 0 Å². The number of carbonyl (C=O) groups excluding carboxylic acids is 1. The van der Waals surface area contributed by atoms with E-state index in [1.165, 1.54) is 16.7 Å². The van der Waals surface area contributed by atoms with Crippen LogP contribution in [0.25, 0.3) is 0 Å². The first kappa shape index (κ1) is 24.6. The number of hydrogen-bond donors (Lipinski definition) is 1. The predicted molar refractivity (Wildman–Crippen MR) is 138 cm³/mol. The molecule has 0 amide bonds. The van der Waals surface area contributed by atoms with Gasteiger partial charge in [0.05, 0.1) is 6.10 Å². The zero-order valence-electron chi connectivity index (χ0n) is 20.9. The molecule has 3 nitrogen and oxygen atoms in total. The zero-order chi connectivity index (χ0) is 24.5. The standard InChI is InChI=1S/C28H34O3.C3H4/c1-4-13-31-25-11-6-18(14-17(25)2)23-16-28(3)24(10-12-26(28)30)22-8-5-19-15-20(29)7-9-21(19)27(22)23;1-3-2/h4,6,11,14-15,22-24,26,30H,1,5,7-10,12-13,16H2,2-3H3;1H,2H3. The van der Waals surface area contributed by atoms with Crippen molar-refractivity contribution in [1.29, 1.82) is 0 Å². The lowest BCUT2D eigenvalue weighted by Gasteiger charge is -2.52. The molecule has 2 saturated carbocycles. The van der Waals surface area contributed by atoms with Gasteiger partial charge in [0.25, 0.3) is 0 Å². The van der Waals surface area contributed by atoms with Crippen LogP contribution in [-0.2, 0) is 4.79 Å². The van der Waals surface area contributed by atoms with Crippen LogP contribution < -0.4 is 4.74 Å². The highest BCUT2D eigenvalue weighted by Gasteiger charge is 2.56. The van der Waals surface area contributed by atoms with E-state index in [2.05, 4.69) is 51.0 Å². The van der Waals surface area contributed by atoms with Crippen LogP contribution in [-0.4, -0.2) is 23.6 Å². The average Bonchev–Trinajstić information content (AvgIpc) is 3.12. The number of rotatable bonds is 4. The number of carbonyl (C=O) groups is 1. The number of allylic oxidation sites excluding steroid dienone is 4. The summed E-state index contributed by atoms with van der Waals surface area (Å²) in [5, 5.41) is 11.0. The van der Waals surface area contributed by atoms with E-state index in [0.717, 1.165) is 49.8 Å². The molecule has 0 radical (unpaired) electrons. The Balaban J connectivity index is 0.000000868. The normalized spacial score (nSPS) is 31.7. The van der Waals surface area contributed by atoms with Crippen molar-refractivity contribution < 1.29 is 14.6 Å². The van der Waals surface area contributed by atoms with Crippen LogP contribution in [0.4, 0.5) is 0 Å². The number of fused-ring (bicyclic) bond motifs is 4. The number of ether oxygens (including phenoxy) is 1. The van der Waals surface area contributed by atoms with Crippen molar-refractivity contribution >= 4 is 5.78 Å². The van der Waals surface area contributed by atoms with Crippen LogP contribution in [0.15, 0.2) is 53.6 Å². The van der Waals surface area contributed by atoms with Crippen LogP contribution in [0.1, 0.15) is 75.8 Å².